The van der Waals surface area contributed by atoms with Crippen molar-refractivity contribution < 1.29 is 41.9 Å². The SMILES string of the molecule is CCOC(=O)N[C@@]([NH2+]Cc1ccc(F)cc1)(C(=O)OCC)C(F)(F)F. The van der Waals surface area contributed by atoms with Crippen LogP contribution in [-0.4, -0.2) is 37.1 Å². The van der Waals surface area contributed by atoms with E-state index in [1.54, 1.807) is 5.32 Å². The standard InChI is InChI=1S/C15H18F4N2O4/c1-3-24-12(22)14(15(17,18)19,21-13(23)25-4-2)20-9-10-5-7-11(16)8-6-10/h5-8,20H,3-4,9H2,1-2H3,(H,21,23)/p+1/t14-/m0/s1. The Hall–Kier alpha value is -2.36. The molecule has 0 radical (unpaired) electrons. The van der Waals surface area contributed by atoms with Gasteiger partial charge in [-0.25, -0.2) is 14.0 Å². The van der Waals surface area contributed by atoms with Gasteiger partial charge < -0.3 is 14.8 Å². The number of alkyl carbamates (subject to hydrolysis) is 1. The number of nitrogens with two attached hydrogens (primary N) is 1. The van der Waals surface area contributed by atoms with Crippen LogP contribution in [0, 0.1) is 5.82 Å². The normalized spacial score (nSPS) is 13.7. The quantitative estimate of drug-likeness (QED) is 0.434. The van der Waals surface area contributed by atoms with E-state index < -0.39 is 29.7 Å². The van der Waals surface area contributed by atoms with Gasteiger partial charge in [0.25, 0.3) is 0 Å². The number of ether oxygens (including phenoxy) is 2. The van der Waals surface area contributed by atoms with Crippen LogP contribution in [-0.2, 0) is 20.8 Å². The zero-order chi connectivity index (χ0) is 19.1. The molecule has 0 unspecified atom stereocenters. The summed E-state index contributed by atoms with van der Waals surface area (Å²) in [4.78, 5) is 23.6. The Balaban J connectivity index is 3.14. The first-order valence-corrected chi connectivity index (χ1v) is 7.44. The van der Waals surface area contributed by atoms with Crippen molar-refractivity contribution in [2.75, 3.05) is 13.2 Å². The number of hydrogen-bond donors (Lipinski definition) is 2. The molecule has 0 aliphatic rings. The van der Waals surface area contributed by atoms with Crippen molar-refractivity contribution in [3.63, 3.8) is 0 Å². The van der Waals surface area contributed by atoms with Crippen LogP contribution < -0.4 is 10.6 Å². The van der Waals surface area contributed by atoms with Crippen LogP contribution in [0.1, 0.15) is 19.4 Å². The van der Waals surface area contributed by atoms with Crippen LogP contribution in [0.4, 0.5) is 22.4 Å². The minimum absolute atomic E-state index is 0.180. The van der Waals surface area contributed by atoms with Crippen LogP contribution in [0.5, 0.6) is 0 Å². The molecule has 0 aliphatic heterocycles. The molecule has 0 spiro atoms. The van der Waals surface area contributed by atoms with E-state index in [0.717, 1.165) is 12.1 Å². The van der Waals surface area contributed by atoms with Gasteiger partial charge in [-0.3, -0.25) is 5.32 Å². The first-order chi connectivity index (χ1) is 11.7. The molecule has 1 atom stereocenters. The lowest BCUT2D eigenvalue weighted by molar-refractivity contribution is -0.757. The lowest BCUT2D eigenvalue weighted by Crippen LogP contribution is -3.06. The number of carbonyl (C=O) groups excluding carboxylic acids is 2. The van der Waals surface area contributed by atoms with Gasteiger partial charge in [-0.05, 0) is 26.0 Å². The summed E-state index contributed by atoms with van der Waals surface area (Å²) in [6.07, 6.45) is -6.59. The summed E-state index contributed by atoms with van der Waals surface area (Å²) in [5.74, 6) is -2.24. The fraction of sp³-hybridized carbons (Fsp3) is 0.467. The number of halogens is 4. The zero-order valence-electron chi connectivity index (χ0n) is 13.7. The van der Waals surface area contributed by atoms with Crippen molar-refractivity contribution in [2.24, 2.45) is 0 Å². The predicted molar refractivity (Wildman–Crippen MR) is 77.6 cm³/mol. The van der Waals surface area contributed by atoms with E-state index >= 15 is 0 Å². The van der Waals surface area contributed by atoms with Crippen LogP contribution in [0.3, 0.4) is 0 Å². The predicted octanol–water partition coefficient (Wildman–Crippen LogP) is 1.46. The maximum absolute atomic E-state index is 13.7. The molecule has 0 heterocycles. The average molecular weight is 367 g/mol. The van der Waals surface area contributed by atoms with Crippen LogP contribution in [0.25, 0.3) is 0 Å². The Labute approximate surface area is 141 Å². The van der Waals surface area contributed by atoms with E-state index in [1.807, 2.05) is 0 Å². The fourth-order valence-electron chi connectivity index (χ4n) is 1.95. The summed E-state index contributed by atoms with van der Waals surface area (Å²) in [6, 6.07) is 4.67. The number of alkyl halides is 3. The highest BCUT2D eigenvalue weighted by Gasteiger charge is 2.67. The highest BCUT2D eigenvalue weighted by atomic mass is 19.4. The van der Waals surface area contributed by atoms with E-state index in [2.05, 4.69) is 9.47 Å². The minimum atomic E-state index is -5.17. The second-order valence-electron chi connectivity index (χ2n) is 4.91. The molecule has 140 valence electrons. The Morgan fingerprint density at radius 2 is 1.64 bits per heavy atom. The summed E-state index contributed by atoms with van der Waals surface area (Å²) >= 11 is 0. The first-order valence-electron chi connectivity index (χ1n) is 7.44. The largest absolute Gasteiger partial charge is 0.478 e. The van der Waals surface area contributed by atoms with Gasteiger partial charge in [-0.2, -0.15) is 13.2 Å². The minimum Gasteiger partial charge on any atom is -0.460 e. The molecule has 3 N–H and O–H groups in total. The lowest BCUT2D eigenvalue weighted by atomic mass is 10.1. The van der Waals surface area contributed by atoms with Gasteiger partial charge in [-0.15, -0.1) is 0 Å². The number of esters is 1. The molecule has 0 saturated heterocycles. The summed E-state index contributed by atoms with van der Waals surface area (Å²) in [5.41, 5.74) is -3.08. The van der Waals surface area contributed by atoms with Gasteiger partial charge >= 0.3 is 23.9 Å². The van der Waals surface area contributed by atoms with Crippen molar-refractivity contribution >= 4 is 12.1 Å². The van der Waals surface area contributed by atoms with Crippen molar-refractivity contribution in [3.05, 3.63) is 35.6 Å². The van der Waals surface area contributed by atoms with E-state index in [-0.39, 0.29) is 19.8 Å². The molecule has 1 aromatic carbocycles. The number of benzene rings is 1. The molecule has 0 aliphatic carbocycles. The molecule has 1 rings (SSSR count). The monoisotopic (exact) mass is 367 g/mol. The Morgan fingerprint density at radius 1 is 1.08 bits per heavy atom. The van der Waals surface area contributed by atoms with Gasteiger partial charge in [0.15, 0.2) is 0 Å². The summed E-state index contributed by atoms with van der Waals surface area (Å²) in [5, 5.41) is 2.11. The van der Waals surface area contributed by atoms with Crippen LogP contribution in [0.15, 0.2) is 24.3 Å². The molecule has 1 amide bonds. The third-order valence-corrected chi connectivity index (χ3v) is 3.18. The smallest absolute Gasteiger partial charge is 0.460 e. The Bertz CT molecular complexity index is 592. The van der Waals surface area contributed by atoms with Gasteiger partial charge in [0.2, 0.25) is 0 Å². The topological polar surface area (TPSA) is 81.2 Å². The summed E-state index contributed by atoms with van der Waals surface area (Å²) in [6.45, 7) is 1.88. The molecular formula is C15H19F4N2O4+. The van der Waals surface area contributed by atoms with Crippen LogP contribution in [0.2, 0.25) is 0 Å². The van der Waals surface area contributed by atoms with Crippen molar-refractivity contribution in [1.82, 2.24) is 5.32 Å². The van der Waals surface area contributed by atoms with Gasteiger partial charge in [-0.1, -0.05) is 12.1 Å². The molecule has 0 bridgehead atoms. The zero-order valence-corrected chi connectivity index (χ0v) is 13.7. The Kier molecular flexibility index (Phi) is 7.16. The second-order valence-corrected chi connectivity index (χ2v) is 4.91. The number of hydrogen-bond acceptors (Lipinski definition) is 4. The molecule has 1 aromatic rings. The fourth-order valence-corrected chi connectivity index (χ4v) is 1.95. The van der Waals surface area contributed by atoms with Crippen LogP contribution >= 0.6 is 0 Å². The lowest BCUT2D eigenvalue weighted by Gasteiger charge is -2.30. The summed E-state index contributed by atoms with van der Waals surface area (Å²) in [7, 11) is 0. The highest BCUT2D eigenvalue weighted by molar-refractivity contribution is 5.84. The van der Waals surface area contributed by atoms with E-state index in [4.69, 9.17) is 0 Å². The maximum atomic E-state index is 13.7. The number of nitrogens with one attached hydrogen (secondary N) is 1. The van der Waals surface area contributed by atoms with Gasteiger partial charge in [0, 0.05) is 5.56 Å². The van der Waals surface area contributed by atoms with E-state index in [0.29, 0.717) is 10.9 Å². The molecule has 0 saturated carbocycles. The maximum Gasteiger partial charge on any atom is 0.478 e. The molecule has 0 fully saturated rings. The van der Waals surface area contributed by atoms with Gasteiger partial charge in [0.05, 0.1) is 13.2 Å². The molecule has 25 heavy (non-hydrogen) atoms. The summed E-state index contributed by atoms with van der Waals surface area (Å²) < 4.78 is 62.8. The number of amides is 1. The molecule has 10 heteroatoms. The number of quaternary nitrogens is 1. The van der Waals surface area contributed by atoms with E-state index in [9.17, 15) is 27.2 Å². The second kappa shape index (κ2) is 8.65. The van der Waals surface area contributed by atoms with Gasteiger partial charge in [0.1, 0.15) is 12.4 Å². The van der Waals surface area contributed by atoms with E-state index in [1.165, 1.54) is 26.0 Å². The first kappa shape index (κ1) is 20.7. The van der Waals surface area contributed by atoms with Crippen molar-refractivity contribution in [3.8, 4) is 0 Å². The van der Waals surface area contributed by atoms with Crippen molar-refractivity contribution in [1.29, 1.82) is 0 Å². The number of carbonyl (C=O) groups is 2. The third-order valence-electron chi connectivity index (χ3n) is 3.18. The molecule has 0 aromatic heterocycles. The average Bonchev–Trinajstić information content (AvgIpc) is 2.52. The van der Waals surface area contributed by atoms with Crippen molar-refractivity contribution in [2.45, 2.75) is 32.2 Å². The molecule has 6 nitrogen and oxygen atoms in total. The Morgan fingerprint density at radius 3 is 2.12 bits per heavy atom. The molecular weight excluding hydrogens is 348 g/mol. The third kappa shape index (κ3) is 5.31. The number of rotatable bonds is 7. The highest BCUT2D eigenvalue weighted by Crippen LogP contribution is 2.27.